The highest BCUT2D eigenvalue weighted by Gasteiger charge is 2.41. The van der Waals surface area contributed by atoms with E-state index >= 15 is 0 Å². The van der Waals surface area contributed by atoms with E-state index in [1.165, 1.54) is 0 Å². The van der Waals surface area contributed by atoms with E-state index in [2.05, 4.69) is 16.7 Å². The second kappa shape index (κ2) is 8.90. The highest BCUT2D eigenvalue weighted by molar-refractivity contribution is 8.04. The molecule has 2 unspecified atom stereocenters. The first-order chi connectivity index (χ1) is 13.9. The fraction of sp³-hybridized carbons (Fsp3) is 0.150. The first-order valence-corrected chi connectivity index (χ1v) is 9.76. The van der Waals surface area contributed by atoms with Crippen molar-refractivity contribution in [1.82, 2.24) is 5.32 Å². The third kappa shape index (κ3) is 4.65. The maximum absolute atomic E-state index is 12.8. The minimum absolute atomic E-state index is 0.267. The molecular formula is C20H17ClN4O3S. The summed E-state index contributed by atoms with van der Waals surface area (Å²) in [6.45, 7) is 0. The van der Waals surface area contributed by atoms with Crippen molar-refractivity contribution in [2.75, 3.05) is 12.4 Å². The smallest absolute Gasteiger partial charge is 0.325 e. The number of hydrogen-bond acceptors (Lipinski definition) is 6. The Hall–Kier alpha value is -3.15. The molecule has 148 valence electrons. The molecule has 2 aromatic carbocycles. The van der Waals surface area contributed by atoms with E-state index in [0.29, 0.717) is 22.0 Å². The maximum atomic E-state index is 12.8. The second-order valence-electron chi connectivity index (χ2n) is 6.13. The molecule has 0 spiro atoms. The summed E-state index contributed by atoms with van der Waals surface area (Å²) < 4.78 is 5.06. The summed E-state index contributed by atoms with van der Waals surface area (Å²) in [5.74, 6) is -0.476. The lowest BCUT2D eigenvalue weighted by Crippen LogP contribution is -2.41. The average Bonchev–Trinajstić information content (AvgIpc) is 3.05. The van der Waals surface area contributed by atoms with Gasteiger partial charge < -0.3 is 15.8 Å². The Bertz CT molecular complexity index is 1000. The van der Waals surface area contributed by atoms with Gasteiger partial charge in [0.05, 0.1) is 23.8 Å². The third-order valence-electron chi connectivity index (χ3n) is 4.33. The molecule has 3 rings (SSSR count). The summed E-state index contributed by atoms with van der Waals surface area (Å²) in [6.07, 6.45) is 0. The van der Waals surface area contributed by atoms with Gasteiger partial charge in [-0.2, -0.15) is 5.26 Å². The molecule has 1 aliphatic heterocycles. The molecule has 0 aromatic heterocycles. The fourth-order valence-corrected chi connectivity index (χ4v) is 4.23. The van der Waals surface area contributed by atoms with Crippen LogP contribution >= 0.6 is 23.4 Å². The molecule has 0 aliphatic carbocycles. The van der Waals surface area contributed by atoms with Crippen molar-refractivity contribution in [3.8, 4) is 11.8 Å². The minimum Gasteiger partial charge on any atom is -0.497 e. The number of thioether (sulfide) groups is 1. The Morgan fingerprint density at radius 2 is 1.83 bits per heavy atom. The lowest BCUT2D eigenvalue weighted by molar-refractivity contribution is -0.119. The Balaban J connectivity index is 1.73. The van der Waals surface area contributed by atoms with Gasteiger partial charge in [-0.1, -0.05) is 35.5 Å². The molecule has 1 aliphatic rings. The Morgan fingerprint density at radius 3 is 2.41 bits per heavy atom. The lowest BCUT2D eigenvalue weighted by atomic mass is 9.89. The Morgan fingerprint density at radius 1 is 1.17 bits per heavy atom. The number of carbonyl (C=O) groups is 2. The van der Waals surface area contributed by atoms with Crippen molar-refractivity contribution >= 4 is 41.0 Å². The number of benzene rings is 2. The summed E-state index contributed by atoms with van der Waals surface area (Å²) in [6, 6.07) is 14.9. The van der Waals surface area contributed by atoms with E-state index in [1.54, 1.807) is 55.6 Å². The lowest BCUT2D eigenvalue weighted by Gasteiger charge is -2.19. The van der Waals surface area contributed by atoms with Crippen LogP contribution in [-0.2, 0) is 4.79 Å². The largest absolute Gasteiger partial charge is 0.497 e. The van der Waals surface area contributed by atoms with Crippen LogP contribution in [0.2, 0.25) is 5.02 Å². The van der Waals surface area contributed by atoms with Crippen molar-refractivity contribution in [2.24, 2.45) is 5.73 Å². The number of urea groups is 1. The summed E-state index contributed by atoms with van der Waals surface area (Å²) in [7, 11) is 1.54. The fourth-order valence-electron chi connectivity index (χ4n) is 2.93. The van der Waals surface area contributed by atoms with Gasteiger partial charge in [0.25, 0.3) is 0 Å². The standard InChI is InChI=1S/C20H17ClN4O3S/c1-28-14-8-6-13(7-9-14)24-20(27)25-19(26)17-16(15(10-22)18(23)29-17)11-2-4-12(21)5-3-11/h2-9,16-17H,23H2,1H3,(H2,24,25,26,27). The first kappa shape index (κ1) is 20.6. The minimum atomic E-state index is -0.757. The molecule has 4 N–H and O–H groups in total. The van der Waals surface area contributed by atoms with Gasteiger partial charge >= 0.3 is 6.03 Å². The highest BCUT2D eigenvalue weighted by atomic mass is 35.5. The van der Waals surface area contributed by atoms with Crippen molar-refractivity contribution in [3.63, 3.8) is 0 Å². The van der Waals surface area contributed by atoms with E-state index in [9.17, 15) is 14.9 Å². The van der Waals surface area contributed by atoms with Crippen LogP contribution < -0.4 is 21.1 Å². The normalized spacial score (nSPS) is 18.1. The molecule has 0 saturated heterocycles. The topological polar surface area (TPSA) is 117 Å². The van der Waals surface area contributed by atoms with Gasteiger partial charge in [0.2, 0.25) is 5.91 Å². The van der Waals surface area contributed by atoms with Crippen LogP contribution in [0.5, 0.6) is 5.75 Å². The number of methoxy groups -OCH3 is 1. The molecule has 0 radical (unpaired) electrons. The van der Waals surface area contributed by atoms with Gasteiger partial charge in [0.15, 0.2) is 0 Å². The second-order valence-corrected chi connectivity index (χ2v) is 7.75. The zero-order valence-corrected chi connectivity index (χ0v) is 16.9. The molecule has 2 atom stereocenters. The summed E-state index contributed by atoms with van der Waals surface area (Å²) >= 11 is 6.99. The number of ether oxygens (including phenoxy) is 1. The Labute approximate surface area is 176 Å². The molecule has 3 amide bonds. The van der Waals surface area contributed by atoms with Gasteiger partial charge in [0, 0.05) is 16.6 Å². The Kier molecular flexibility index (Phi) is 6.32. The zero-order chi connectivity index (χ0) is 21.0. The van der Waals surface area contributed by atoms with E-state index in [1.807, 2.05) is 0 Å². The maximum Gasteiger partial charge on any atom is 0.325 e. The van der Waals surface area contributed by atoms with E-state index in [0.717, 1.165) is 17.3 Å². The number of nitriles is 1. The molecule has 9 heteroatoms. The van der Waals surface area contributed by atoms with Gasteiger partial charge in [0.1, 0.15) is 11.0 Å². The predicted octanol–water partition coefficient (Wildman–Crippen LogP) is 3.59. The van der Waals surface area contributed by atoms with Crippen LogP contribution in [0, 0.1) is 11.3 Å². The van der Waals surface area contributed by atoms with Crippen LogP contribution in [0.4, 0.5) is 10.5 Å². The number of hydrogen-bond donors (Lipinski definition) is 3. The van der Waals surface area contributed by atoms with Crippen LogP contribution in [0.3, 0.4) is 0 Å². The number of rotatable bonds is 4. The van der Waals surface area contributed by atoms with Gasteiger partial charge in [-0.15, -0.1) is 0 Å². The molecule has 29 heavy (non-hydrogen) atoms. The monoisotopic (exact) mass is 428 g/mol. The first-order valence-electron chi connectivity index (χ1n) is 8.50. The number of anilines is 1. The third-order valence-corrected chi connectivity index (χ3v) is 5.79. The van der Waals surface area contributed by atoms with E-state index < -0.39 is 23.1 Å². The van der Waals surface area contributed by atoms with Gasteiger partial charge in [-0.3, -0.25) is 10.1 Å². The quantitative estimate of drug-likeness (QED) is 0.685. The zero-order valence-electron chi connectivity index (χ0n) is 15.3. The summed E-state index contributed by atoms with van der Waals surface area (Å²) in [5.41, 5.74) is 7.47. The molecule has 2 aromatic rings. The molecular weight excluding hydrogens is 412 g/mol. The molecule has 7 nitrogen and oxygen atoms in total. The van der Waals surface area contributed by atoms with Crippen LogP contribution in [-0.4, -0.2) is 24.3 Å². The van der Waals surface area contributed by atoms with E-state index in [4.69, 9.17) is 22.1 Å². The molecule has 0 saturated carbocycles. The van der Waals surface area contributed by atoms with Crippen LogP contribution in [0.15, 0.2) is 59.1 Å². The number of halogens is 1. The highest BCUT2D eigenvalue weighted by Crippen LogP contribution is 2.45. The van der Waals surface area contributed by atoms with E-state index in [-0.39, 0.29) is 5.03 Å². The average molecular weight is 429 g/mol. The van der Waals surface area contributed by atoms with Crippen molar-refractivity contribution < 1.29 is 14.3 Å². The summed E-state index contributed by atoms with van der Waals surface area (Å²) in [4.78, 5) is 25.0. The predicted molar refractivity (Wildman–Crippen MR) is 113 cm³/mol. The molecule has 1 heterocycles. The molecule has 0 fully saturated rings. The van der Waals surface area contributed by atoms with Crippen molar-refractivity contribution in [3.05, 3.63) is 69.7 Å². The van der Waals surface area contributed by atoms with Crippen molar-refractivity contribution in [2.45, 2.75) is 11.2 Å². The van der Waals surface area contributed by atoms with Gasteiger partial charge in [-0.05, 0) is 42.0 Å². The van der Waals surface area contributed by atoms with Crippen molar-refractivity contribution in [1.29, 1.82) is 5.26 Å². The summed E-state index contributed by atoms with van der Waals surface area (Å²) in [5, 5.41) is 14.4. The molecule has 0 bridgehead atoms. The SMILES string of the molecule is COc1ccc(NC(=O)NC(=O)C2SC(N)=C(C#N)C2c2ccc(Cl)cc2)cc1. The number of nitrogens with zero attached hydrogens (tertiary/aromatic N) is 1. The number of carbonyl (C=O) groups excluding carboxylic acids is 2. The van der Waals surface area contributed by atoms with Gasteiger partial charge in [-0.25, -0.2) is 4.79 Å². The van der Waals surface area contributed by atoms with Crippen LogP contribution in [0.1, 0.15) is 11.5 Å². The number of nitrogens with one attached hydrogen (secondary N) is 2. The van der Waals surface area contributed by atoms with Crippen LogP contribution in [0.25, 0.3) is 0 Å². The number of nitrogens with two attached hydrogens (primary N) is 1. The number of allylic oxidation sites excluding steroid dienone is 1. The number of imide groups is 1. The number of amides is 3.